The number of rotatable bonds is 9. The van der Waals surface area contributed by atoms with Crippen LogP contribution >= 0.6 is 0 Å². The van der Waals surface area contributed by atoms with Crippen molar-refractivity contribution in [3.63, 3.8) is 0 Å². The summed E-state index contributed by atoms with van der Waals surface area (Å²) in [6.07, 6.45) is 3.01. The second-order valence-corrected chi connectivity index (χ2v) is 9.24. The summed E-state index contributed by atoms with van der Waals surface area (Å²) in [6, 6.07) is 17.9. The van der Waals surface area contributed by atoms with Crippen molar-refractivity contribution < 1.29 is 14.1 Å². The van der Waals surface area contributed by atoms with Gasteiger partial charge in [0.05, 0.1) is 12.1 Å². The van der Waals surface area contributed by atoms with Gasteiger partial charge in [-0.05, 0) is 43.7 Å². The topological polar surface area (TPSA) is 58.8 Å². The average Bonchev–Trinajstić information content (AvgIpc) is 3.28. The number of aromatic nitrogens is 1. The largest absolute Gasteiger partial charge is 0.385 e. The van der Waals surface area contributed by atoms with Crippen molar-refractivity contribution in [2.24, 2.45) is 5.92 Å². The van der Waals surface area contributed by atoms with Crippen LogP contribution in [0.4, 0.5) is 5.88 Å². The summed E-state index contributed by atoms with van der Waals surface area (Å²) in [5.41, 5.74) is 4.48. The number of amides is 1. The Morgan fingerprint density at radius 1 is 1.12 bits per heavy atom. The van der Waals surface area contributed by atoms with Gasteiger partial charge in [-0.1, -0.05) is 60.6 Å². The normalized spacial score (nSPS) is 14.4. The second kappa shape index (κ2) is 11.3. The number of piperidine rings is 1. The molecule has 2 heterocycles. The summed E-state index contributed by atoms with van der Waals surface area (Å²) >= 11 is 0. The van der Waals surface area contributed by atoms with E-state index >= 15 is 0 Å². The van der Waals surface area contributed by atoms with Crippen LogP contribution in [-0.4, -0.2) is 49.3 Å². The van der Waals surface area contributed by atoms with Crippen molar-refractivity contribution in [3.05, 3.63) is 71.3 Å². The van der Waals surface area contributed by atoms with E-state index in [1.165, 1.54) is 0 Å². The van der Waals surface area contributed by atoms with Crippen LogP contribution < -0.4 is 4.90 Å². The molecule has 180 valence electrons. The van der Waals surface area contributed by atoms with Crippen LogP contribution in [-0.2, 0) is 11.3 Å². The maximum atomic E-state index is 13.7. The second-order valence-electron chi connectivity index (χ2n) is 9.24. The quantitative estimate of drug-likeness (QED) is 0.390. The summed E-state index contributed by atoms with van der Waals surface area (Å²) in [5, 5.41) is 4.50. The first-order valence-electron chi connectivity index (χ1n) is 12.2. The molecule has 0 bridgehead atoms. The molecular weight excluding hydrogens is 426 g/mol. The number of aryl methyl sites for hydroxylation is 1. The number of nitrogens with zero attached hydrogens (tertiary/aromatic N) is 3. The Hall–Kier alpha value is -3.12. The third kappa shape index (κ3) is 5.50. The van der Waals surface area contributed by atoms with E-state index in [0.29, 0.717) is 25.6 Å². The van der Waals surface area contributed by atoms with E-state index in [2.05, 4.69) is 17.0 Å². The molecule has 0 aliphatic carbocycles. The molecule has 1 aliphatic heterocycles. The summed E-state index contributed by atoms with van der Waals surface area (Å²) < 4.78 is 11.3. The molecule has 34 heavy (non-hydrogen) atoms. The van der Waals surface area contributed by atoms with Gasteiger partial charge in [0.15, 0.2) is 0 Å². The maximum absolute atomic E-state index is 13.7. The van der Waals surface area contributed by atoms with Crippen LogP contribution in [0.3, 0.4) is 0 Å². The van der Waals surface area contributed by atoms with Crippen molar-refractivity contribution in [1.29, 1.82) is 0 Å². The maximum Gasteiger partial charge on any atom is 0.254 e. The summed E-state index contributed by atoms with van der Waals surface area (Å²) in [6.45, 7) is 7.79. The van der Waals surface area contributed by atoms with Crippen molar-refractivity contribution in [3.8, 4) is 11.3 Å². The molecule has 0 radical (unpaired) electrons. The number of hydrogen-bond acceptors (Lipinski definition) is 5. The third-order valence-corrected chi connectivity index (χ3v) is 6.67. The van der Waals surface area contributed by atoms with Gasteiger partial charge in [-0.3, -0.25) is 4.79 Å². The Morgan fingerprint density at radius 3 is 2.53 bits per heavy atom. The fourth-order valence-electron chi connectivity index (χ4n) is 4.55. The van der Waals surface area contributed by atoms with E-state index in [-0.39, 0.29) is 5.91 Å². The van der Waals surface area contributed by atoms with Crippen molar-refractivity contribution in [2.75, 3.05) is 38.3 Å². The van der Waals surface area contributed by atoms with Gasteiger partial charge in [-0.25, -0.2) is 0 Å². The minimum atomic E-state index is 0.0210. The molecule has 2 aromatic carbocycles. The Bertz CT molecular complexity index is 1070. The average molecular weight is 462 g/mol. The number of carbonyl (C=O) groups excluding carboxylic acids is 1. The minimum absolute atomic E-state index is 0.0210. The molecule has 6 heteroatoms. The number of carbonyl (C=O) groups is 1. The van der Waals surface area contributed by atoms with E-state index in [9.17, 15) is 4.79 Å². The number of methoxy groups -OCH3 is 1. The van der Waals surface area contributed by atoms with E-state index in [4.69, 9.17) is 9.26 Å². The van der Waals surface area contributed by atoms with Crippen LogP contribution in [0.2, 0.25) is 0 Å². The molecule has 1 fully saturated rings. The molecule has 1 amide bonds. The highest BCUT2D eigenvalue weighted by Crippen LogP contribution is 2.35. The molecule has 6 nitrogen and oxygen atoms in total. The number of hydrogen-bond donors (Lipinski definition) is 0. The molecule has 1 saturated heterocycles. The number of anilines is 1. The Balaban J connectivity index is 1.70. The van der Waals surface area contributed by atoms with Gasteiger partial charge in [0.2, 0.25) is 5.88 Å². The lowest BCUT2D eigenvalue weighted by Crippen LogP contribution is -2.35. The minimum Gasteiger partial charge on any atom is -0.385 e. The van der Waals surface area contributed by atoms with Gasteiger partial charge >= 0.3 is 0 Å². The Kier molecular flexibility index (Phi) is 8.01. The van der Waals surface area contributed by atoms with Crippen LogP contribution in [0, 0.1) is 12.8 Å². The highest BCUT2D eigenvalue weighted by Gasteiger charge is 2.28. The number of benzene rings is 2. The lowest BCUT2D eigenvalue weighted by Gasteiger charge is -2.31. The van der Waals surface area contributed by atoms with Crippen LogP contribution in [0.25, 0.3) is 11.3 Å². The first-order chi connectivity index (χ1) is 16.6. The van der Waals surface area contributed by atoms with Crippen molar-refractivity contribution in [2.45, 2.75) is 39.7 Å². The summed E-state index contributed by atoms with van der Waals surface area (Å²) in [7, 11) is 1.69. The molecule has 0 unspecified atom stereocenters. The molecule has 0 saturated carbocycles. The zero-order valence-corrected chi connectivity index (χ0v) is 20.5. The Morgan fingerprint density at radius 2 is 1.82 bits per heavy atom. The van der Waals surface area contributed by atoms with Gasteiger partial charge in [0.1, 0.15) is 5.69 Å². The van der Waals surface area contributed by atoms with Gasteiger partial charge < -0.3 is 19.1 Å². The molecule has 4 rings (SSSR count). The standard InChI is InChI=1S/C28H35N3O3/c1-21-14-17-30(18-15-21)28-25(26(29-34-28)23-11-5-4-6-12-23)20-31(16-9-19-33-3)27(32)24-13-8-7-10-22(24)2/h4-8,10-13,21H,9,14-20H2,1-3H3. The molecule has 0 N–H and O–H groups in total. The lowest BCUT2D eigenvalue weighted by atomic mass is 9.98. The number of ether oxygens (including phenoxy) is 1. The molecule has 1 aromatic heterocycles. The summed E-state index contributed by atoms with van der Waals surface area (Å²) in [5.74, 6) is 1.53. The summed E-state index contributed by atoms with van der Waals surface area (Å²) in [4.78, 5) is 17.9. The molecule has 0 atom stereocenters. The monoisotopic (exact) mass is 461 g/mol. The molecule has 1 aliphatic rings. The Labute approximate surface area is 202 Å². The van der Waals surface area contributed by atoms with Crippen LogP contribution in [0.1, 0.15) is 47.7 Å². The first kappa shape index (κ1) is 24.0. The molecular formula is C28H35N3O3. The first-order valence-corrected chi connectivity index (χ1v) is 12.2. The SMILES string of the molecule is COCCCN(Cc1c(-c2ccccc2)noc1N1CCC(C)CC1)C(=O)c1ccccc1C. The van der Waals surface area contributed by atoms with Crippen molar-refractivity contribution in [1.82, 2.24) is 10.1 Å². The van der Waals surface area contributed by atoms with E-state index in [1.54, 1.807) is 7.11 Å². The van der Waals surface area contributed by atoms with Gasteiger partial charge in [0, 0.05) is 44.5 Å². The van der Waals surface area contributed by atoms with Crippen LogP contribution in [0.15, 0.2) is 59.1 Å². The fourth-order valence-corrected chi connectivity index (χ4v) is 4.55. The van der Waals surface area contributed by atoms with E-state index < -0.39 is 0 Å². The third-order valence-electron chi connectivity index (χ3n) is 6.67. The zero-order valence-electron chi connectivity index (χ0n) is 20.5. The predicted molar refractivity (Wildman–Crippen MR) is 135 cm³/mol. The predicted octanol–water partition coefficient (Wildman–Crippen LogP) is 5.57. The zero-order chi connectivity index (χ0) is 23.9. The molecule has 0 spiro atoms. The van der Waals surface area contributed by atoms with Crippen molar-refractivity contribution >= 4 is 11.8 Å². The van der Waals surface area contributed by atoms with Gasteiger partial charge in [-0.15, -0.1) is 0 Å². The molecule has 3 aromatic rings. The van der Waals surface area contributed by atoms with Gasteiger partial charge in [0.25, 0.3) is 5.91 Å². The van der Waals surface area contributed by atoms with E-state index in [1.807, 2.05) is 66.4 Å². The highest BCUT2D eigenvalue weighted by atomic mass is 16.5. The fraction of sp³-hybridized carbons (Fsp3) is 0.429. The van der Waals surface area contributed by atoms with Crippen LogP contribution in [0.5, 0.6) is 0 Å². The smallest absolute Gasteiger partial charge is 0.254 e. The lowest BCUT2D eigenvalue weighted by molar-refractivity contribution is 0.0723. The highest BCUT2D eigenvalue weighted by molar-refractivity contribution is 5.95. The van der Waals surface area contributed by atoms with Gasteiger partial charge in [-0.2, -0.15) is 0 Å². The van der Waals surface area contributed by atoms with E-state index in [0.717, 1.165) is 66.2 Å².